The Morgan fingerprint density at radius 3 is 2.23 bits per heavy atom. The summed E-state index contributed by atoms with van der Waals surface area (Å²) in [6, 6.07) is 21.6. The zero-order valence-corrected chi connectivity index (χ0v) is 24.5. The second-order valence-corrected chi connectivity index (χ2v) is 12.4. The Balaban J connectivity index is 1.72. The van der Waals surface area contributed by atoms with Crippen molar-refractivity contribution in [2.24, 2.45) is 0 Å². The first-order chi connectivity index (χ1) is 19.2. The number of rotatable bonds is 11. The molecule has 0 radical (unpaired) electrons. The van der Waals surface area contributed by atoms with Gasteiger partial charge in [0.05, 0.1) is 10.6 Å². The number of hydrogen-bond donors (Lipinski definition) is 1. The highest BCUT2D eigenvalue weighted by molar-refractivity contribution is 7.92. The van der Waals surface area contributed by atoms with Crippen LogP contribution in [-0.4, -0.2) is 43.8 Å². The number of benzene rings is 3. The summed E-state index contributed by atoms with van der Waals surface area (Å²) in [5.74, 6) is -0.723. The van der Waals surface area contributed by atoms with Gasteiger partial charge in [0, 0.05) is 17.6 Å². The van der Waals surface area contributed by atoms with E-state index in [4.69, 9.17) is 11.6 Å². The highest BCUT2D eigenvalue weighted by Gasteiger charge is 2.35. The van der Waals surface area contributed by atoms with Crippen molar-refractivity contribution in [3.63, 3.8) is 0 Å². The molecule has 0 heterocycles. The predicted molar refractivity (Wildman–Crippen MR) is 159 cm³/mol. The monoisotopic (exact) mass is 581 g/mol. The number of nitrogens with one attached hydrogen (secondary N) is 1. The van der Waals surface area contributed by atoms with Gasteiger partial charge in [0.2, 0.25) is 11.8 Å². The fourth-order valence-electron chi connectivity index (χ4n) is 5.17. The molecule has 2 amide bonds. The lowest BCUT2D eigenvalue weighted by Crippen LogP contribution is -2.53. The van der Waals surface area contributed by atoms with E-state index in [1.165, 1.54) is 17.0 Å². The Bertz CT molecular complexity index is 1430. The van der Waals surface area contributed by atoms with Crippen LogP contribution >= 0.6 is 11.6 Å². The second kappa shape index (κ2) is 13.3. The van der Waals surface area contributed by atoms with E-state index in [9.17, 15) is 18.0 Å². The molecule has 4 rings (SSSR count). The van der Waals surface area contributed by atoms with E-state index in [2.05, 4.69) is 5.32 Å². The molecule has 1 aliphatic carbocycles. The number of hydrogen-bond acceptors (Lipinski definition) is 4. The number of anilines is 1. The van der Waals surface area contributed by atoms with E-state index < -0.39 is 28.5 Å². The van der Waals surface area contributed by atoms with Gasteiger partial charge in [0.1, 0.15) is 12.6 Å². The Labute approximate surface area is 242 Å². The maximum atomic E-state index is 14.2. The number of aryl methyl sites for hydroxylation is 1. The number of amides is 2. The summed E-state index contributed by atoms with van der Waals surface area (Å²) in [7, 11) is -4.10. The molecule has 9 heteroatoms. The standard InChI is InChI=1S/C31H36ClN3O4S/c1-3-28(31(37)33-25-15-9-10-16-25)34(21-24-14-8-11-19-27(24)32)30(36)22-35(29-20-12-7-13-23(29)2)40(38,39)26-17-5-4-6-18-26/h4-8,11-14,17-20,25,28H,3,9-10,15-16,21-22H2,1-2H3,(H,33,37)/t28-/m1/s1. The fourth-order valence-corrected chi connectivity index (χ4v) is 6.87. The molecule has 1 aliphatic rings. The fraction of sp³-hybridized carbons (Fsp3) is 0.355. The van der Waals surface area contributed by atoms with Crippen LogP contribution in [0.1, 0.15) is 50.2 Å². The molecule has 7 nitrogen and oxygen atoms in total. The van der Waals surface area contributed by atoms with E-state index >= 15 is 0 Å². The SMILES string of the molecule is CC[C@H](C(=O)NC1CCCC1)N(Cc1ccccc1Cl)C(=O)CN(c1ccccc1C)S(=O)(=O)c1ccccc1. The van der Waals surface area contributed by atoms with Crippen LogP contribution in [0.3, 0.4) is 0 Å². The van der Waals surface area contributed by atoms with Crippen molar-refractivity contribution in [2.75, 3.05) is 10.8 Å². The Kier molecular flexibility index (Phi) is 9.87. The summed E-state index contributed by atoms with van der Waals surface area (Å²) < 4.78 is 29.0. The molecule has 3 aromatic rings. The summed E-state index contributed by atoms with van der Waals surface area (Å²) in [4.78, 5) is 29.2. The molecule has 1 atom stereocenters. The quantitative estimate of drug-likeness (QED) is 0.314. The molecule has 3 aromatic carbocycles. The van der Waals surface area contributed by atoms with Gasteiger partial charge >= 0.3 is 0 Å². The van der Waals surface area contributed by atoms with Gasteiger partial charge in [0.15, 0.2) is 0 Å². The highest BCUT2D eigenvalue weighted by Crippen LogP contribution is 2.28. The van der Waals surface area contributed by atoms with Crippen LogP contribution < -0.4 is 9.62 Å². The van der Waals surface area contributed by atoms with Gasteiger partial charge in [-0.3, -0.25) is 13.9 Å². The van der Waals surface area contributed by atoms with Gasteiger partial charge in [-0.05, 0) is 61.6 Å². The molecular weight excluding hydrogens is 546 g/mol. The third-order valence-electron chi connectivity index (χ3n) is 7.38. The average molecular weight is 582 g/mol. The zero-order chi connectivity index (χ0) is 28.7. The molecule has 0 saturated heterocycles. The second-order valence-electron chi connectivity index (χ2n) is 10.1. The molecule has 0 aromatic heterocycles. The normalized spacial score (nSPS) is 14.5. The van der Waals surface area contributed by atoms with Crippen LogP contribution in [0.5, 0.6) is 0 Å². The lowest BCUT2D eigenvalue weighted by Gasteiger charge is -2.34. The maximum Gasteiger partial charge on any atom is 0.264 e. The molecule has 0 aliphatic heterocycles. The molecule has 0 bridgehead atoms. The van der Waals surface area contributed by atoms with Crippen molar-refractivity contribution in [3.05, 3.63) is 95.0 Å². The molecule has 1 saturated carbocycles. The summed E-state index contributed by atoms with van der Waals surface area (Å²) in [5.41, 5.74) is 1.79. The number of sulfonamides is 1. The molecule has 212 valence electrons. The number of para-hydroxylation sites is 1. The van der Waals surface area contributed by atoms with Crippen molar-refractivity contribution in [1.82, 2.24) is 10.2 Å². The van der Waals surface area contributed by atoms with Crippen molar-refractivity contribution < 1.29 is 18.0 Å². The van der Waals surface area contributed by atoms with Crippen LogP contribution in [0.4, 0.5) is 5.69 Å². The summed E-state index contributed by atoms with van der Waals surface area (Å²) in [5, 5.41) is 3.59. The number of halogens is 1. The van der Waals surface area contributed by atoms with E-state index in [1.807, 2.05) is 25.1 Å². The topological polar surface area (TPSA) is 86.8 Å². The van der Waals surface area contributed by atoms with Gasteiger partial charge < -0.3 is 10.2 Å². The van der Waals surface area contributed by atoms with Crippen LogP contribution in [0.2, 0.25) is 5.02 Å². The van der Waals surface area contributed by atoms with Crippen molar-refractivity contribution in [1.29, 1.82) is 0 Å². The Morgan fingerprint density at radius 1 is 0.950 bits per heavy atom. The Hall–Kier alpha value is -3.36. The minimum atomic E-state index is -4.10. The van der Waals surface area contributed by atoms with Gasteiger partial charge in [-0.1, -0.05) is 86.0 Å². The van der Waals surface area contributed by atoms with E-state index in [-0.39, 0.29) is 23.4 Å². The lowest BCUT2D eigenvalue weighted by molar-refractivity contribution is -0.140. The first-order valence-corrected chi connectivity index (χ1v) is 15.5. The smallest absolute Gasteiger partial charge is 0.264 e. The lowest BCUT2D eigenvalue weighted by atomic mass is 10.1. The molecule has 0 unspecified atom stereocenters. The highest BCUT2D eigenvalue weighted by atomic mass is 35.5. The van der Waals surface area contributed by atoms with Gasteiger partial charge in [-0.25, -0.2) is 8.42 Å². The van der Waals surface area contributed by atoms with Crippen molar-refractivity contribution in [2.45, 2.75) is 69.5 Å². The number of carbonyl (C=O) groups is 2. The average Bonchev–Trinajstić information content (AvgIpc) is 3.46. The summed E-state index contributed by atoms with van der Waals surface area (Å²) in [6.07, 6.45) is 4.32. The molecular formula is C31H36ClN3O4S. The summed E-state index contributed by atoms with van der Waals surface area (Å²) >= 11 is 6.47. The van der Waals surface area contributed by atoms with Crippen molar-refractivity contribution >= 4 is 39.1 Å². The Morgan fingerprint density at radius 2 is 1.57 bits per heavy atom. The van der Waals surface area contributed by atoms with Crippen LogP contribution in [0.15, 0.2) is 83.8 Å². The predicted octanol–water partition coefficient (Wildman–Crippen LogP) is 5.71. The van der Waals surface area contributed by atoms with Gasteiger partial charge in [-0.2, -0.15) is 0 Å². The zero-order valence-electron chi connectivity index (χ0n) is 22.9. The molecule has 1 fully saturated rings. The molecule has 0 spiro atoms. The number of nitrogens with zero attached hydrogens (tertiary/aromatic N) is 2. The van der Waals surface area contributed by atoms with E-state index in [0.717, 1.165) is 30.0 Å². The summed E-state index contributed by atoms with van der Waals surface area (Å²) in [6.45, 7) is 3.26. The van der Waals surface area contributed by atoms with Gasteiger partial charge in [0.25, 0.3) is 10.0 Å². The van der Waals surface area contributed by atoms with E-state index in [1.54, 1.807) is 55.5 Å². The largest absolute Gasteiger partial charge is 0.352 e. The maximum absolute atomic E-state index is 14.2. The first kappa shape index (κ1) is 29.6. The van der Waals surface area contributed by atoms with E-state index in [0.29, 0.717) is 28.3 Å². The van der Waals surface area contributed by atoms with Crippen LogP contribution in [0.25, 0.3) is 0 Å². The molecule has 40 heavy (non-hydrogen) atoms. The number of carbonyl (C=O) groups excluding carboxylic acids is 2. The van der Waals surface area contributed by atoms with Crippen molar-refractivity contribution in [3.8, 4) is 0 Å². The third kappa shape index (κ3) is 6.85. The first-order valence-electron chi connectivity index (χ1n) is 13.7. The third-order valence-corrected chi connectivity index (χ3v) is 9.52. The minimum absolute atomic E-state index is 0.0715. The van der Waals surface area contributed by atoms with Crippen LogP contribution in [-0.2, 0) is 26.2 Å². The molecule has 1 N–H and O–H groups in total. The van der Waals surface area contributed by atoms with Gasteiger partial charge in [-0.15, -0.1) is 0 Å². The minimum Gasteiger partial charge on any atom is -0.352 e. The van der Waals surface area contributed by atoms with Crippen LogP contribution in [0, 0.1) is 6.92 Å².